The molecule has 28 heavy (non-hydrogen) atoms. The molecule has 1 saturated heterocycles. The molecule has 0 aromatic heterocycles. The third-order valence-electron chi connectivity index (χ3n) is 4.15. The molecule has 0 radical (unpaired) electrons. The Morgan fingerprint density at radius 2 is 1.71 bits per heavy atom. The zero-order valence-corrected chi connectivity index (χ0v) is 15.6. The van der Waals surface area contributed by atoms with Crippen molar-refractivity contribution in [2.75, 3.05) is 11.9 Å². The normalized spacial score (nSPS) is 18.0. The summed E-state index contributed by atoms with van der Waals surface area (Å²) in [7, 11) is 1.39. The van der Waals surface area contributed by atoms with Gasteiger partial charge in [0.15, 0.2) is 0 Å². The summed E-state index contributed by atoms with van der Waals surface area (Å²) >= 11 is 1.09. The predicted octanol–water partition coefficient (Wildman–Crippen LogP) is 3.14. The second kappa shape index (κ2) is 8.23. The summed E-state index contributed by atoms with van der Waals surface area (Å²) in [6.07, 6.45) is 0.289. The Kier molecular flexibility index (Phi) is 5.76. The summed E-state index contributed by atoms with van der Waals surface area (Å²) < 4.78 is 26.4. The minimum atomic E-state index is -0.618. The van der Waals surface area contributed by atoms with Crippen LogP contribution in [-0.2, 0) is 16.0 Å². The largest absolute Gasteiger partial charge is 0.354 e. The van der Waals surface area contributed by atoms with Gasteiger partial charge in [-0.25, -0.2) is 8.78 Å². The lowest BCUT2D eigenvalue weighted by Crippen LogP contribution is -2.31. The van der Waals surface area contributed by atoms with Crippen LogP contribution < -0.4 is 10.2 Å². The summed E-state index contributed by atoms with van der Waals surface area (Å²) in [4.78, 5) is 26.4. The van der Waals surface area contributed by atoms with Gasteiger partial charge in [0, 0.05) is 12.7 Å². The van der Waals surface area contributed by atoms with Crippen LogP contribution in [0.2, 0.25) is 0 Å². The van der Waals surface area contributed by atoms with Crippen LogP contribution in [0.15, 0.2) is 59.1 Å². The van der Waals surface area contributed by atoms with Gasteiger partial charge < -0.3 is 5.32 Å². The number of amides is 2. The number of carbonyl (C=O) groups is 2. The third-order valence-corrected chi connectivity index (χ3v) is 5.41. The molecule has 3 rings (SSSR count). The number of likely N-dealkylation sites (N-methyl/N-ethyl adjacent to an activating group) is 1. The second-order valence-corrected chi connectivity index (χ2v) is 7.15. The molecule has 2 amide bonds. The number of nitrogens with one attached hydrogen (secondary N) is 1. The van der Waals surface area contributed by atoms with Crippen LogP contribution in [0.1, 0.15) is 5.56 Å². The molecule has 5 nitrogen and oxygen atoms in total. The number of halogens is 2. The molecule has 0 saturated carbocycles. The Bertz CT molecular complexity index is 982. The van der Waals surface area contributed by atoms with Crippen LogP contribution in [0.5, 0.6) is 0 Å². The van der Waals surface area contributed by atoms with Gasteiger partial charge in [0.1, 0.15) is 28.3 Å². The van der Waals surface area contributed by atoms with Gasteiger partial charge in [0.25, 0.3) is 5.91 Å². The fraction of sp³-hybridized carbons (Fsp3) is 0.150. The van der Waals surface area contributed by atoms with Gasteiger partial charge in [-0.05, 0) is 48.4 Å². The lowest BCUT2D eigenvalue weighted by Gasteiger charge is -2.18. The van der Waals surface area contributed by atoms with E-state index in [0.29, 0.717) is 5.69 Å². The van der Waals surface area contributed by atoms with Crippen molar-refractivity contribution in [1.29, 1.82) is 5.26 Å². The van der Waals surface area contributed by atoms with E-state index in [0.717, 1.165) is 17.3 Å². The van der Waals surface area contributed by atoms with Crippen LogP contribution in [0, 0.1) is 23.0 Å². The van der Waals surface area contributed by atoms with E-state index in [9.17, 15) is 23.6 Å². The lowest BCUT2D eigenvalue weighted by atomic mass is 10.1. The minimum Gasteiger partial charge on any atom is -0.354 e. The molecule has 0 aliphatic carbocycles. The van der Waals surface area contributed by atoms with Gasteiger partial charge in [-0.1, -0.05) is 23.9 Å². The van der Waals surface area contributed by atoms with Crippen molar-refractivity contribution in [1.82, 2.24) is 5.32 Å². The molecule has 1 heterocycles. The van der Waals surface area contributed by atoms with Gasteiger partial charge in [-0.2, -0.15) is 5.26 Å². The fourth-order valence-electron chi connectivity index (χ4n) is 2.77. The molecule has 0 spiro atoms. The van der Waals surface area contributed by atoms with E-state index < -0.39 is 17.0 Å². The molecule has 1 fully saturated rings. The quantitative estimate of drug-likeness (QED) is 0.633. The summed E-state index contributed by atoms with van der Waals surface area (Å²) in [5.74, 6) is -1.81. The fourth-order valence-corrected chi connectivity index (χ4v) is 4.08. The number of hydrogen-bond acceptors (Lipinski definition) is 4. The maximum absolute atomic E-state index is 13.3. The van der Waals surface area contributed by atoms with Crippen molar-refractivity contribution < 1.29 is 18.4 Å². The maximum Gasteiger partial charge on any atom is 0.264 e. The smallest absolute Gasteiger partial charge is 0.264 e. The highest BCUT2D eigenvalue weighted by Gasteiger charge is 2.40. The average molecular weight is 399 g/mol. The number of nitrogens with zero attached hydrogens (tertiary/aromatic N) is 2. The highest BCUT2D eigenvalue weighted by atomic mass is 32.2. The van der Waals surface area contributed by atoms with Crippen LogP contribution in [-0.4, -0.2) is 24.1 Å². The third kappa shape index (κ3) is 3.89. The summed E-state index contributed by atoms with van der Waals surface area (Å²) in [6.45, 7) is 0. The Hall–Kier alpha value is -3.18. The topological polar surface area (TPSA) is 73.2 Å². The van der Waals surface area contributed by atoms with E-state index in [1.165, 1.54) is 48.3 Å². The maximum atomic E-state index is 13.3. The number of anilines is 1. The molecule has 0 bridgehead atoms. The Morgan fingerprint density at radius 1 is 1.14 bits per heavy atom. The number of carbonyl (C=O) groups excluding carboxylic acids is 2. The summed E-state index contributed by atoms with van der Waals surface area (Å²) in [5, 5.41) is 11.4. The van der Waals surface area contributed by atoms with Crippen molar-refractivity contribution in [3.63, 3.8) is 0 Å². The number of nitriles is 1. The lowest BCUT2D eigenvalue weighted by molar-refractivity contribution is -0.117. The van der Waals surface area contributed by atoms with Crippen molar-refractivity contribution >= 4 is 29.3 Å². The van der Waals surface area contributed by atoms with Crippen molar-refractivity contribution in [2.45, 2.75) is 11.7 Å². The van der Waals surface area contributed by atoms with E-state index in [1.54, 1.807) is 12.1 Å². The number of benzene rings is 2. The van der Waals surface area contributed by atoms with E-state index in [1.807, 2.05) is 6.07 Å². The highest BCUT2D eigenvalue weighted by molar-refractivity contribution is 8.05. The van der Waals surface area contributed by atoms with Gasteiger partial charge in [0.05, 0.1) is 5.25 Å². The summed E-state index contributed by atoms with van der Waals surface area (Å²) in [5.41, 5.74) is 0.893. The molecule has 2 aromatic carbocycles. The first kappa shape index (κ1) is 19.6. The Balaban J connectivity index is 2.03. The monoisotopic (exact) mass is 399 g/mol. The zero-order chi connectivity index (χ0) is 20.3. The summed E-state index contributed by atoms with van der Waals surface area (Å²) in [6, 6.07) is 12.8. The number of rotatable bonds is 4. The Morgan fingerprint density at radius 3 is 2.25 bits per heavy atom. The average Bonchev–Trinajstić information content (AvgIpc) is 3.00. The molecule has 1 atom stereocenters. The predicted molar refractivity (Wildman–Crippen MR) is 102 cm³/mol. The van der Waals surface area contributed by atoms with Gasteiger partial charge in [-0.3, -0.25) is 14.5 Å². The highest BCUT2D eigenvalue weighted by Crippen LogP contribution is 2.41. The molecule has 1 aliphatic rings. The van der Waals surface area contributed by atoms with Gasteiger partial charge >= 0.3 is 0 Å². The van der Waals surface area contributed by atoms with E-state index in [4.69, 9.17) is 0 Å². The second-order valence-electron chi connectivity index (χ2n) is 5.96. The van der Waals surface area contributed by atoms with Crippen molar-refractivity contribution in [3.05, 3.63) is 76.3 Å². The number of thioether (sulfide) groups is 1. The molecular weight excluding hydrogens is 384 g/mol. The first-order valence-electron chi connectivity index (χ1n) is 8.31. The van der Waals surface area contributed by atoms with Crippen LogP contribution in [0.25, 0.3) is 0 Å². The first-order chi connectivity index (χ1) is 13.4. The van der Waals surface area contributed by atoms with Crippen LogP contribution in [0.4, 0.5) is 14.5 Å². The molecule has 8 heteroatoms. The van der Waals surface area contributed by atoms with Crippen molar-refractivity contribution in [2.24, 2.45) is 0 Å². The Labute approximate surface area is 164 Å². The van der Waals surface area contributed by atoms with Crippen molar-refractivity contribution in [3.8, 4) is 6.07 Å². The zero-order valence-electron chi connectivity index (χ0n) is 14.8. The molecule has 142 valence electrons. The molecule has 1 aliphatic heterocycles. The van der Waals surface area contributed by atoms with E-state index in [2.05, 4.69) is 5.32 Å². The minimum absolute atomic E-state index is 0.186. The van der Waals surface area contributed by atoms with Crippen LogP contribution in [0.3, 0.4) is 0 Å². The van der Waals surface area contributed by atoms with Gasteiger partial charge in [-0.15, -0.1) is 0 Å². The van der Waals surface area contributed by atoms with Crippen LogP contribution >= 0.6 is 11.8 Å². The van der Waals surface area contributed by atoms with E-state index >= 15 is 0 Å². The SMILES string of the molecule is CNC(=O)/C(C#N)=C1\S[C@H](Cc2ccc(F)cc2)C(=O)N1c1ccc(F)cc1. The molecule has 2 aromatic rings. The standard InChI is InChI=1S/C20H15F2N3O2S/c1-24-18(26)16(11-23)20-25(15-8-6-14(22)7-9-15)19(27)17(28-20)10-12-2-4-13(21)5-3-12/h2-9,17H,10H2,1H3,(H,24,26)/b20-16-/t17-/m1/s1. The van der Waals surface area contributed by atoms with E-state index in [-0.39, 0.29) is 28.7 Å². The first-order valence-corrected chi connectivity index (χ1v) is 9.19. The molecule has 0 unspecified atom stereocenters. The molecular formula is C20H15F2N3O2S. The molecule has 1 N–H and O–H groups in total. The van der Waals surface area contributed by atoms with Gasteiger partial charge in [0.2, 0.25) is 5.91 Å². The number of hydrogen-bond donors (Lipinski definition) is 1.